The maximum atomic E-state index is 12.5. The monoisotopic (exact) mass is 389 g/mol. The number of unbranched alkanes of at least 4 members (excludes halogenated alkanes) is 1. The molecule has 2 amide bonds. The Morgan fingerprint density at radius 1 is 1.22 bits per heavy atom. The first-order valence-electron chi connectivity index (χ1n) is 10.1. The van der Waals surface area contributed by atoms with Gasteiger partial charge in [0.2, 0.25) is 11.8 Å². The number of aryl methyl sites for hydroxylation is 1. The molecule has 1 aliphatic rings. The molecule has 0 radical (unpaired) electrons. The van der Waals surface area contributed by atoms with Gasteiger partial charge in [-0.3, -0.25) is 14.5 Å². The molecule has 1 heterocycles. The van der Waals surface area contributed by atoms with Crippen molar-refractivity contribution in [2.45, 2.75) is 77.6 Å². The van der Waals surface area contributed by atoms with Crippen molar-refractivity contribution < 1.29 is 14.0 Å². The molecule has 4 nitrogen and oxygen atoms in total. The Balaban J connectivity index is 1.73. The topological polar surface area (TPSA) is 46.6 Å². The van der Waals surface area contributed by atoms with E-state index >= 15 is 0 Å². The predicted octanol–water partition coefficient (Wildman–Crippen LogP) is 4.79. The van der Waals surface area contributed by atoms with Crippen LogP contribution in [0.25, 0.3) is 0 Å². The Morgan fingerprint density at radius 3 is 2.41 bits per heavy atom. The summed E-state index contributed by atoms with van der Waals surface area (Å²) in [5, 5.41) is 0.113. The summed E-state index contributed by atoms with van der Waals surface area (Å²) in [5.41, 5.74) is 1.29. The normalized spacial score (nSPS) is 19.0. The minimum absolute atomic E-state index is 0.0381. The molecule has 0 aromatic heterocycles. The Labute approximate surface area is 165 Å². The average molecular weight is 390 g/mol. The summed E-state index contributed by atoms with van der Waals surface area (Å²) in [7, 11) is -1.91. The molecule has 0 spiro atoms. The van der Waals surface area contributed by atoms with Gasteiger partial charge in [0, 0.05) is 13.0 Å². The number of carbonyl (C=O) groups is 2. The predicted molar refractivity (Wildman–Crippen MR) is 112 cm³/mol. The third-order valence-corrected chi connectivity index (χ3v) is 10.6. The number of carbonyl (C=O) groups excluding carboxylic acids is 2. The highest BCUT2D eigenvalue weighted by Gasteiger charge is 2.47. The maximum absolute atomic E-state index is 12.5. The number of rotatable bonds is 8. The number of hydrogen-bond acceptors (Lipinski definition) is 3. The third kappa shape index (κ3) is 5.52. The van der Waals surface area contributed by atoms with Gasteiger partial charge in [-0.1, -0.05) is 51.1 Å². The molecule has 1 aliphatic heterocycles. The van der Waals surface area contributed by atoms with Gasteiger partial charge in [-0.05, 0) is 49.9 Å². The van der Waals surface area contributed by atoms with Gasteiger partial charge < -0.3 is 4.43 Å². The first-order chi connectivity index (χ1) is 12.5. The van der Waals surface area contributed by atoms with Crippen LogP contribution in [-0.4, -0.2) is 37.7 Å². The second-order valence-corrected chi connectivity index (χ2v) is 14.0. The van der Waals surface area contributed by atoms with Crippen LogP contribution in [0.2, 0.25) is 18.1 Å². The fraction of sp³-hybridized carbons (Fsp3) is 0.636. The molecule has 27 heavy (non-hydrogen) atoms. The summed E-state index contributed by atoms with van der Waals surface area (Å²) in [6.45, 7) is 13.5. The highest BCUT2D eigenvalue weighted by molar-refractivity contribution is 6.74. The minimum Gasteiger partial charge on any atom is -0.413 e. The number of likely N-dealkylation sites (tertiary alicyclic amines) is 1. The van der Waals surface area contributed by atoms with Crippen molar-refractivity contribution in [2.24, 2.45) is 5.92 Å². The first kappa shape index (κ1) is 21.8. The van der Waals surface area contributed by atoms with Crippen LogP contribution in [0, 0.1) is 5.92 Å². The molecule has 2 atom stereocenters. The van der Waals surface area contributed by atoms with Crippen LogP contribution < -0.4 is 0 Å². The number of imide groups is 1. The van der Waals surface area contributed by atoms with Crippen LogP contribution in [0.1, 0.15) is 52.5 Å². The average Bonchev–Trinajstić information content (AvgIpc) is 2.57. The third-order valence-electron chi connectivity index (χ3n) is 6.07. The lowest BCUT2D eigenvalue weighted by molar-refractivity contribution is -0.162. The van der Waals surface area contributed by atoms with E-state index in [4.69, 9.17) is 4.43 Å². The highest BCUT2D eigenvalue weighted by Crippen LogP contribution is 2.39. The molecule has 150 valence electrons. The van der Waals surface area contributed by atoms with Crippen LogP contribution in [0.3, 0.4) is 0 Å². The lowest BCUT2D eigenvalue weighted by atomic mass is 9.93. The largest absolute Gasteiger partial charge is 0.413 e. The molecule has 1 fully saturated rings. The van der Waals surface area contributed by atoms with Crippen LogP contribution in [0.4, 0.5) is 0 Å². The molecule has 1 aromatic carbocycles. The van der Waals surface area contributed by atoms with Crippen molar-refractivity contribution in [1.29, 1.82) is 0 Å². The summed E-state index contributed by atoms with van der Waals surface area (Å²) >= 11 is 0. The number of nitrogens with zero attached hydrogens (tertiary/aromatic N) is 1. The van der Waals surface area contributed by atoms with E-state index in [0.29, 0.717) is 13.0 Å². The van der Waals surface area contributed by atoms with Crippen molar-refractivity contribution in [2.75, 3.05) is 6.54 Å². The van der Waals surface area contributed by atoms with E-state index in [-0.39, 0.29) is 28.9 Å². The van der Waals surface area contributed by atoms with Gasteiger partial charge in [0.15, 0.2) is 8.32 Å². The Hall–Kier alpha value is -1.46. The number of hydrogen-bond donors (Lipinski definition) is 0. The van der Waals surface area contributed by atoms with Crippen molar-refractivity contribution >= 4 is 20.1 Å². The van der Waals surface area contributed by atoms with Gasteiger partial charge in [0.25, 0.3) is 0 Å². The molecular formula is C22H35NO3Si. The lowest BCUT2D eigenvalue weighted by Crippen LogP contribution is -2.60. The van der Waals surface area contributed by atoms with Crippen molar-refractivity contribution in [3.8, 4) is 0 Å². The van der Waals surface area contributed by atoms with E-state index in [1.54, 1.807) is 0 Å². The molecule has 0 bridgehead atoms. The van der Waals surface area contributed by atoms with Crippen LogP contribution in [0.15, 0.2) is 30.3 Å². The summed E-state index contributed by atoms with van der Waals surface area (Å²) in [4.78, 5) is 26.2. The molecule has 1 aromatic rings. The Bertz CT molecular complexity index is 651. The SMILES string of the molecule is C[C@@H](O[Si](C)(C)C(C)(C)C)[C@@H]1CN(C(=O)CCCCc2ccccc2)C1=O. The molecule has 0 saturated carbocycles. The van der Waals surface area contributed by atoms with E-state index in [1.807, 2.05) is 25.1 Å². The number of β-lactam (4-membered cyclic amide) rings is 1. The highest BCUT2D eigenvalue weighted by atomic mass is 28.4. The van der Waals surface area contributed by atoms with E-state index in [0.717, 1.165) is 19.3 Å². The molecule has 5 heteroatoms. The summed E-state index contributed by atoms with van der Waals surface area (Å²) in [6, 6.07) is 10.3. The van der Waals surface area contributed by atoms with E-state index < -0.39 is 8.32 Å². The molecule has 2 rings (SSSR count). The zero-order valence-electron chi connectivity index (χ0n) is 17.7. The molecule has 0 unspecified atom stereocenters. The first-order valence-corrected chi connectivity index (χ1v) is 13.0. The van der Waals surface area contributed by atoms with Crippen LogP contribution >= 0.6 is 0 Å². The zero-order valence-corrected chi connectivity index (χ0v) is 18.7. The van der Waals surface area contributed by atoms with Crippen molar-refractivity contribution in [3.63, 3.8) is 0 Å². The fourth-order valence-corrected chi connectivity index (χ4v) is 4.58. The van der Waals surface area contributed by atoms with Gasteiger partial charge in [0.05, 0.1) is 12.0 Å². The number of benzene rings is 1. The Morgan fingerprint density at radius 2 is 1.85 bits per heavy atom. The minimum atomic E-state index is -1.91. The van der Waals surface area contributed by atoms with E-state index in [1.165, 1.54) is 10.5 Å². The van der Waals surface area contributed by atoms with Gasteiger partial charge in [-0.15, -0.1) is 0 Å². The smallest absolute Gasteiger partial charge is 0.236 e. The van der Waals surface area contributed by atoms with E-state index in [9.17, 15) is 9.59 Å². The lowest BCUT2D eigenvalue weighted by Gasteiger charge is -2.45. The number of amides is 2. The quantitative estimate of drug-likeness (QED) is 0.365. The van der Waals surface area contributed by atoms with Gasteiger partial charge in [0.1, 0.15) is 0 Å². The van der Waals surface area contributed by atoms with Gasteiger partial charge in [-0.25, -0.2) is 0 Å². The second-order valence-electron chi connectivity index (χ2n) is 9.23. The fourth-order valence-electron chi connectivity index (χ4n) is 3.14. The molecule has 0 aliphatic carbocycles. The van der Waals surface area contributed by atoms with Gasteiger partial charge in [-0.2, -0.15) is 0 Å². The molecule has 0 N–H and O–H groups in total. The van der Waals surface area contributed by atoms with Crippen molar-refractivity contribution in [1.82, 2.24) is 4.90 Å². The van der Waals surface area contributed by atoms with Crippen LogP contribution in [-0.2, 0) is 20.4 Å². The van der Waals surface area contributed by atoms with Gasteiger partial charge >= 0.3 is 0 Å². The summed E-state index contributed by atoms with van der Waals surface area (Å²) in [5.74, 6) is -0.273. The Kier molecular flexibility index (Phi) is 7.03. The molecule has 1 saturated heterocycles. The molecular weight excluding hydrogens is 354 g/mol. The summed E-state index contributed by atoms with van der Waals surface area (Å²) in [6.07, 6.45) is 3.08. The standard InChI is InChI=1S/C22H35NO3Si/c1-17(26-27(5,6)22(2,3)4)19-16-23(21(19)25)20(24)15-11-10-14-18-12-8-7-9-13-18/h7-9,12-13,17,19H,10-11,14-16H2,1-6H3/t17-,19+/m1/s1. The van der Waals surface area contributed by atoms with E-state index in [2.05, 4.69) is 46.0 Å². The maximum Gasteiger partial charge on any atom is 0.236 e. The van der Waals surface area contributed by atoms with Crippen molar-refractivity contribution in [3.05, 3.63) is 35.9 Å². The van der Waals surface area contributed by atoms with Crippen LogP contribution in [0.5, 0.6) is 0 Å². The zero-order chi connectivity index (χ0) is 20.2. The second kappa shape index (κ2) is 8.70. The summed E-state index contributed by atoms with van der Waals surface area (Å²) < 4.78 is 6.33.